The molecule has 1 N–H and O–H groups in total. The Labute approximate surface area is 158 Å². The maximum Gasteiger partial charge on any atom is 0.303 e. The molecule has 0 aliphatic carbocycles. The van der Waals surface area contributed by atoms with Gasteiger partial charge in [0.2, 0.25) is 0 Å². The summed E-state index contributed by atoms with van der Waals surface area (Å²) in [4.78, 5) is 15.6. The Balaban J connectivity index is 2.05. The molecule has 0 saturated heterocycles. The Hall–Kier alpha value is -3.34. The van der Waals surface area contributed by atoms with E-state index in [4.69, 9.17) is 19.6 Å². The van der Waals surface area contributed by atoms with Gasteiger partial charge >= 0.3 is 5.97 Å². The fourth-order valence-electron chi connectivity index (χ4n) is 2.85. The van der Waals surface area contributed by atoms with E-state index >= 15 is 0 Å². The van der Waals surface area contributed by atoms with E-state index < -0.39 is 5.97 Å². The van der Waals surface area contributed by atoms with Gasteiger partial charge in [-0.1, -0.05) is 18.2 Å². The van der Waals surface area contributed by atoms with Crippen LogP contribution < -0.4 is 9.47 Å². The van der Waals surface area contributed by atoms with E-state index in [1.807, 2.05) is 60.7 Å². The van der Waals surface area contributed by atoms with Crippen molar-refractivity contribution in [2.24, 2.45) is 0 Å². The SMILES string of the molecule is COc1ccc(-c2ccc(CCC(=O)O)nc2-c2ccc(OC)cc2)cc1. The van der Waals surface area contributed by atoms with Crippen LogP contribution in [0.5, 0.6) is 11.5 Å². The molecule has 5 nitrogen and oxygen atoms in total. The maximum absolute atomic E-state index is 10.9. The van der Waals surface area contributed by atoms with Gasteiger partial charge in [0.05, 0.1) is 26.3 Å². The minimum Gasteiger partial charge on any atom is -0.497 e. The Kier molecular flexibility index (Phi) is 5.71. The van der Waals surface area contributed by atoms with E-state index in [-0.39, 0.29) is 6.42 Å². The Morgan fingerprint density at radius 1 is 0.852 bits per heavy atom. The van der Waals surface area contributed by atoms with E-state index in [2.05, 4.69) is 0 Å². The first-order chi connectivity index (χ1) is 13.1. The normalized spacial score (nSPS) is 10.4. The lowest BCUT2D eigenvalue weighted by Gasteiger charge is -2.12. The van der Waals surface area contributed by atoms with E-state index in [1.165, 1.54) is 0 Å². The minimum atomic E-state index is -0.831. The average molecular weight is 363 g/mol. The number of rotatable bonds is 7. The van der Waals surface area contributed by atoms with Gasteiger partial charge in [-0.05, 0) is 48.0 Å². The van der Waals surface area contributed by atoms with E-state index in [9.17, 15) is 4.79 Å². The second-order valence-electron chi connectivity index (χ2n) is 6.05. The molecule has 0 unspecified atom stereocenters. The fourth-order valence-corrected chi connectivity index (χ4v) is 2.85. The van der Waals surface area contributed by atoms with Gasteiger partial charge in [0.25, 0.3) is 0 Å². The smallest absolute Gasteiger partial charge is 0.303 e. The van der Waals surface area contributed by atoms with Gasteiger partial charge in [-0.2, -0.15) is 0 Å². The van der Waals surface area contributed by atoms with Crippen LogP contribution in [0.25, 0.3) is 22.4 Å². The zero-order valence-corrected chi connectivity index (χ0v) is 15.3. The number of methoxy groups -OCH3 is 2. The summed E-state index contributed by atoms with van der Waals surface area (Å²) in [5.74, 6) is 0.726. The second kappa shape index (κ2) is 8.36. The van der Waals surface area contributed by atoms with Crippen molar-refractivity contribution < 1.29 is 19.4 Å². The molecule has 0 atom stereocenters. The maximum atomic E-state index is 10.9. The largest absolute Gasteiger partial charge is 0.497 e. The number of aromatic nitrogens is 1. The van der Waals surface area contributed by atoms with E-state index in [0.717, 1.165) is 39.6 Å². The van der Waals surface area contributed by atoms with Crippen molar-refractivity contribution in [1.29, 1.82) is 0 Å². The van der Waals surface area contributed by atoms with Gasteiger partial charge in [0.15, 0.2) is 0 Å². The number of carboxylic acid groups (broad SMARTS) is 1. The predicted octanol–water partition coefficient (Wildman–Crippen LogP) is 4.45. The zero-order valence-electron chi connectivity index (χ0n) is 15.3. The van der Waals surface area contributed by atoms with Gasteiger partial charge in [0, 0.05) is 23.2 Å². The molecular formula is C22H21NO4. The fraction of sp³-hybridized carbons (Fsp3) is 0.182. The van der Waals surface area contributed by atoms with Crippen molar-refractivity contribution in [2.45, 2.75) is 12.8 Å². The molecule has 0 bridgehead atoms. The summed E-state index contributed by atoms with van der Waals surface area (Å²) >= 11 is 0. The number of aliphatic carboxylic acids is 1. The minimum absolute atomic E-state index is 0.0525. The van der Waals surface area contributed by atoms with Crippen LogP contribution in [0.3, 0.4) is 0 Å². The van der Waals surface area contributed by atoms with E-state index in [1.54, 1.807) is 14.2 Å². The molecular weight excluding hydrogens is 342 g/mol. The molecule has 0 aliphatic rings. The lowest BCUT2D eigenvalue weighted by molar-refractivity contribution is -0.136. The first kappa shape index (κ1) is 18.5. The molecule has 138 valence electrons. The van der Waals surface area contributed by atoms with Crippen LogP contribution in [0.15, 0.2) is 60.7 Å². The van der Waals surface area contributed by atoms with Crippen molar-refractivity contribution in [3.8, 4) is 33.9 Å². The standard InChI is InChI=1S/C22H21NO4/c1-26-18-9-3-15(4-10-18)20-13-7-17(8-14-21(24)25)23-22(20)16-5-11-19(27-2)12-6-16/h3-7,9-13H,8,14H2,1-2H3,(H,24,25). The number of nitrogens with zero attached hydrogens (tertiary/aromatic N) is 1. The summed E-state index contributed by atoms with van der Waals surface area (Å²) in [6.07, 6.45) is 0.443. The first-order valence-corrected chi connectivity index (χ1v) is 8.61. The van der Waals surface area contributed by atoms with Crippen LogP contribution in [-0.4, -0.2) is 30.3 Å². The molecule has 1 aromatic heterocycles. The van der Waals surface area contributed by atoms with Crippen molar-refractivity contribution in [3.05, 3.63) is 66.4 Å². The molecule has 27 heavy (non-hydrogen) atoms. The topological polar surface area (TPSA) is 68.7 Å². The number of carboxylic acids is 1. The van der Waals surface area contributed by atoms with Crippen molar-refractivity contribution in [3.63, 3.8) is 0 Å². The van der Waals surface area contributed by atoms with Crippen molar-refractivity contribution in [2.75, 3.05) is 14.2 Å². The number of pyridine rings is 1. The molecule has 0 amide bonds. The molecule has 0 fully saturated rings. The highest BCUT2D eigenvalue weighted by Crippen LogP contribution is 2.33. The Morgan fingerprint density at radius 3 is 1.93 bits per heavy atom. The number of aryl methyl sites for hydroxylation is 1. The molecule has 1 heterocycles. The molecule has 0 saturated carbocycles. The number of hydrogen-bond acceptors (Lipinski definition) is 4. The number of ether oxygens (including phenoxy) is 2. The highest BCUT2D eigenvalue weighted by Gasteiger charge is 2.12. The molecule has 2 aromatic carbocycles. The van der Waals surface area contributed by atoms with Crippen LogP contribution in [0.4, 0.5) is 0 Å². The molecule has 0 radical (unpaired) electrons. The molecule has 5 heteroatoms. The van der Waals surface area contributed by atoms with Crippen LogP contribution in [0.1, 0.15) is 12.1 Å². The summed E-state index contributed by atoms with van der Waals surface area (Å²) in [6, 6.07) is 19.3. The van der Waals surface area contributed by atoms with Crippen LogP contribution in [0, 0.1) is 0 Å². The summed E-state index contributed by atoms with van der Waals surface area (Å²) in [7, 11) is 3.26. The summed E-state index contributed by atoms with van der Waals surface area (Å²) < 4.78 is 10.5. The Bertz CT molecular complexity index is 918. The summed E-state index contributed by atoms with van der Waals surface area (Å²) in [5.41, 5.74) is 4.49. The zero-order chi connectivity index (χ0) is 19.2. The highest BCUT2D eigenvalue weighted by molar-refractivity contribution is 5.81. The molecule has 3 rings (SSSR count). The van der Waals surface area contributed by atoms with Crippen LogP contribution in [0.2, 0.25) is 0 Å². The second-order valence-corrected chi connectivity index (χ2v) is 6.05. The van der Waals surface area contributed by atoms with Gasteiger partial charge in [0.1, 0.15) is 11.5 Å². The number of benzene rings is 2. The first-order valence-electron chi connectivity index (χ1n) is 8.61. The third-order valence-electron chi connectivity index (χ3n) is 4.31. The van der Waals surface area contributed by atoms with Gasteiger partial charge in [-0.3, -0.25) is 9.78 Å². The van der Waals surface area contributed by atoms with Gasteiger partial charge in [-0.25, -0.2) is 0 Å². The third-order valence-corrected chi connectivity index (χ3v) is 4.31. The predicted molar refractivity (Wildman–Crippen MR) is 104 cm³/mol. The van der Waals surface area contributed by atoms with Crippen LogP contribution in [-0.2, 0) is 11.2 Å². The monoisotopic (exact) mass is 363 g/mol. The summed E-state index contributed by atoms with van der Waals surface area (Å²) in [5, 5.41) is 8.95. The number of hydrogen-bond donors (Lipinski definition) is 1. The van der Waals surface area contributed by atoms with Crippen molar-refractivity contribution >= 4 is 5.97 Å². The molecule has 0 spiro atoms. The summed E-state index contributed by atoms with van der Waals surface area (Å²) in [6.45, 7) is 0. The lowest BCUT2D eigenvalue weighted by Crippen LogP contribution is -2.01. The highest BCUT2D eigenvalue weighted by atomic mass is 16.5. The van der Waals surface area contributed by atoms with Crippen molar-refractivity contribution in [1.82, 2.24) is 4.98 Å². The quantitative estimate of drug-likeness (QED) is 0.672. The molecule has 3 aromatic rings. The van der Waals surface area contributed by atoms with E-state index in [0.29, 0.717) is 6.42 Å². The van der Waals surface area contributed by atoms with Gasteiger partial charge in [-0.15, -0.1) is 0 Å². The Morgan fingerprint density at radius 2 is 1.41 bits per heavy atom. The van der Waals surface area contributed by atoms with Crippen LogP contribution >= 0.6 is 0 Å². The third kappa shape index (κ3) is 4.44. The molecule has 0 aliphatic heterocycles. The number of carbonyl (C=O) groups is 1. The van der Waals surface area contributed by atoms with Gasteiger partial charge < -0.3 is 14.6 Å². The average Bonchev–Trinajstić information content (AvgIpc) is 2.72. The lowest BCUT2D eigenvalue weighted by atomic mass is 9.98.